The van der Waals surface area contributed by atoms with Gasteiger partial charge in [-0.3, -0.25) is 9.59 Å². The van der Waals surface area contributed by atoms with Crippen molar-refractivity contribution in [1.82, 2.24) is 10.3 Å². The van der Waals surface area contributed by atoms with Crippen molar-refractivity contribution in [1.29, 1.82) is 0 Å². The number of hydrogen-bond donors (Lipinski definition) is 2. The highest BCUT2D eigenvalue weighted by Crippen LogP contribution is 2.30. The van der Waals surface area contributed by atoms with Crippen LogP contribution < -0.4 is 15.5 Å². The number of carbonyl (C=O) groups is 2. The first kappa shape index (κ1) is 17.5. The molecule has 0 saturated carbocycles. The molecule has 4 rings (SSSR count). The predicted molar refractivity (Wildman–Crippen MR) is 101 cm³/mol. The fraction of sp³-hybridized carbons (Fsp3) is 0.350. The van der Waals surface area contributed by atoms with E-state index in [1.165, 1.54) is 0 Å². The molecule has 2 aromatic rings. The van der Waals surface area contributed by atoms with E-state index in [1.807, 2.05) is 36.2 Å². The second kappa shape index (κ2) is 7.36. The molecular formula is C20H22N4O3. The van der Waals surface area contributed by atoms with Crippen LogP contribution in [0, 0.1) is 5.92 Å². The lowest BCUT2D eigenvalue weighted by Gasteiger charge is -2.35. The summed E-state index contributed by atoms with van der Waals surface area (Å²) in [5, 5.41) is 5.97. The molecule has 1 fully saturated rings. The number of hydrogen-bond acceptors (Lipinski definition) is 5. The molecule has 2 N–H and O–H groups in total. The topological polar surface area (TPSA) is 83.6 Å². The van der Waals surface area contributed by atoms with E-state index < -0.39 is 0 Å². The number of aromatic nitrogens is 1. The highest BCUT2D eigenvalue weighted by Gasteiger charge is 2.30. The summed E-state index contributed by atoms with van der Waals surface area (Å²) < 4.78 is 5.30. The van der Waals surface area contributed by atoms with Crippen LogP contribution in [0.15, 0.2) is 42.6 Å². The van der Waals surface area contributed by atoms with Gasteiger partial charge in [-0.05, 0) is 42.7 Å². The third-order valence-electron chi connectivity index (χ3n) is 5.11. The molecule has 2 aliphatic heterocycles. The fourth-order valence-corrected chi connectivity index (χ4v) is 3.54. The third kappa shape index (κ3) is 3.50. The minimum atomic E-state index is -0.305. The molecule has 0 unspecified atom stereocenters. The van der Waals surface area contributed by atoms with E-state index in [0.29, 0.717) is 24.6 Å². The van der Waals surface area contributed by atoms with Gasteiger partial charge in [0.2, 0.25) is 5.91 Å². The van der Waals surface area contributed by atoms with Gasteiger partial charge in [0.05, 0.1) is 5.56 Å². The summed E-state index contributed by atoms with van der Waals surface area (Å²) >= 11 is 0. The van der Waals surface area contributed by atoms with Crippen molar-refractivity contribution in [3.8, 4) is 0 Å². The standard InChI is InChI=1S/C20H22N4O3/c1-24-17(23-20(26)16-3-2-10-21-18(16)24)13-4-6-15(7-5-13)22-19(25)14-8-11-27-12-9-14/h2-7,10,14,17H,8-9,11-12H2,1H3,(H,22,25)(H,23,26)/t17-/m1/s1. The Morgan fingerprint density at radius 3 is 2.70 bits per heavy atom. The number of nitrogens with one attached hydrogen (secondary N) is 2. The van der Waals surface area contributed by atoms with Crippen LogP contribution in [0.4, 0.5) is 11.5 Å². The van der Waals surface area contributed by atoms with Crippen molar-refractivity contribution < 1.29 is 14.3 Å². The lowest BCUT2D eigenvalue weighted by molar-refractivity contribution is -0.122. The Labute approximate surface area is 157 Å². The maximum atomic E-state index is 12.4. The van der Waals surface area contributed by atoms with Gasteiger partial charge in [0.1, 0.15) is 12.0 Å². The van der Waals surface area contributed by atoms with Gasteiger partial charge in [0, 0.05) is 38.1 Å². The predicted octanol–water partition coefficient (Wildman–Crippen LogP) is 2.33. The molecule has 1 aromatic heterocycles. The van der Waals surface area contributed by atoms with Crippen molar-refractivity contribution in [3.05, 3.63) is 53.7 Å². The fourth-order valence-electron chi connectivity index (χ4n) is 3.54. The van der Waals surface area contributed by atoms with Gasteiger partial charge in [-0.2, -0.15) is 0 Å². The average molecular weight is 366 g/mol. The van der Waals surface area contributed by atoms with E-state index in [1.54, 1.807) is 18.3 Å². The minimum absolute atomic E-state index is 0.00442. The number of rotatable bonds is 3. The number of anilines is 2. The molecule has 0 radical (unpaired) electrons. The Morgan fingerprint density at radius 1 is 1.22 bits per heavy atom. The molecule has 1 aromatic carbocycles. The molecular weight excluding hydrogens is 344 g/mol. The summed E-state index contributed by atoms with van der Waals surface area (Å²) in [5.74, 6) is 0.554. The Balaban J connectivity index is 1.48. The highest BCUT2D eigenvalue weighted by molar-refractivity contribution is 6.01. The first-order valence-electron chi connectivity index (χ1n) is 9.11. The average Bonchev–Trinajstić information content (AvgIpc) is 2.72. The normalized spacial score (nSPS) is 20.0. The second-order valence-electron chi connectivity index (χ2n) is 6.86. The summed E-state index contributed by atoms with van der Waals surface area (Å²) in [6.45, 7) is 1.28. The van der Waals surface area contributed by atoms with Gasteiger partial charge in [-0.1, -0.05) is 12.1 Å². The van der Waals surface area contributed by atoms with E-state index >= 15 is 0 Å². The molecule has 27 heavy (non-hydrogen) atoms. The number of nitrogens with zero attached hydrogens (tertiary/aromatic N) is 2. The van der Waals surface area contributed by atoms with Crippen molar-refractivity contribution in [2.24, 2.45) is 5.92 Å². The smallest absolute Gasteiger partial charge is 0.256 e. The molecule has 140 valence electrons. The van der Waals surface area contributed by atoms with Crippen molar-refractivity contribution in [3.63, 3.8) is 0 Å². The van der Waals surface area contributed by atoms with E-state index in [0.717, 1.165) is 24.1 Å². The summed E-state index contributed by atoms with van der Waals surface area (Å²) in [7, 11) is 1.90. The number of benzene rings is 1. The Bertz CT molecular complexity index is 847. The Morgan fingerprint density at radius 2 is 1.96 bits per heavy atom. The van der Waals surface area contributed by atoms with Crippen molar-refractivity contribution >= 4 is 23.3 Å². The van der Waals surface area contributed by atoms with Crippen LogP contribution >= 0.6 is 0 Å². The second-order valence-corrected chi connectivity index (χ2v) is 6.86. The maximum absolute atomic E-state index is 12.4. The summed E-state index contributed by atoms with van der Waals surface area (Å²) in [4.78, 5) is 31.0. The zero-order valence-corrected chi connectivity index (χ0v) is 15.1. The molecule has 3 heterocycles. The van der Waals surface area contributed by atoms with Crippen LogP contribution in [-0.2, 0) is 9.53 Å². The summed E-state index contributed by atoms with van der Waals surface area (Å²) in [6, 6.07) is 11.1. The lowest BCUT2D eigenvalue weighted by Crippen LogP contribution is -2.45. The van der Waals surface area contributed by atoms with Crippen molar-refractivity contribution in [2.45, 2.75) is 19.0 Å². The van der Waals surface area contributed by atoms with E-state index in [2.05, 4.69) is 15.6 Å². The molecule has 7 nitrogen and oxygen atoms in total. The van der Waals surface area contributed by atoms with Gasteiger partial charge in [-0.25, -0.2) is 4.98 Å². The monoisotopic (exact) mass is 366 g/mol. The van der Waals surface area contributed by atoms with Crippen LogP contribution in [0.1, 0.15) is 34.9 Å². The molecule has 0 spiro atoms. The Hall–Kier alpha value is -2.93. The molecule has 7 heteroatoms. The third-order valence-corrected chi connectivity index (χ3v) is 5.11. The van der Waals surface area contributed by atoms with Crippen LogP contribution in [0.2, 0.25) is 0 Å². The Kier molecular flexibility index (Phi) is 4.77. The summed E-state index contributed by atoms with van der Waals surface area (Å²) in [6.07, 6.45) is 2.89. The first-order chi connectivity index (χ1) is 13.1. The van der Waals surface area contributed by atoms with Crippen molar-refractivity contribution in [2.75, 3.05) is 30.5 Å². The summed E-state index contributed by atoms with van der Waals surface area (Å²) in [5.41, 5.74) is 2.24. The highest BCUT2D eigenvalue weighted by atomic mass is 16.5. The van der Waals surface area contributed by atoms with Gasteiger partial charge in [-0.15, -0.1) is 0 Å². The maximum Gasteiger partial charge on any atom is 0.256 e. The van der Waals surface area contributed by atoms with Crippen LogP contribution in [0.25, 0.3) is 0 Å². The van der Waals surface area contributed by atoms with Gasteiger partial charge in [0.25, 0.3) is 5.91 Å². The van der Waals surface area contributed by atoms with E-state index in [9.17, 15) is 9.59 Å². The number of amides is 2. The number of carbonyl (C=O) groups excluding carboxylic acids is 2. The molecule has 1 saturated heterocycles. The lowest BCUT2D eigenvalue weighted by atomic mass is 9.99. The number of fused-ring (bicyclic) bond motifs is 1. The molecule has 2 aliphatic rings. The quantitative estimate of drug-likeness (QED) is 0.871. The first-order valence-corrected chi connectivity index (χ1v) is 9.11. The molecule has 0 aliphatic carbocycles. The van der Waals surface area contributed by atoms with Gasteiger partial charge < -0.3 is 20.3 Å². The van der Waals surface area contributed by atoms with E-state index in [-0.39, 0.29) is 23.9 Å². The van der Waals surface area contributed by atoms with Crippen LogP contribution in [0.3, 0.4) is 0 Å². The van der Waals surface area contributed by atoms with E-state index in [4.69, 9.17) is 4.74 Å². The van der Waals surface area contributed by atoms with Gasteiger partial charge >= 0.3 is 0 Å². The largest absolute Gasteiger partial charge is 0.381 e. The molecule has 0 bridgehead atoms. The zero-order valence-electron chi connectivity index (χ0n) is 15.1. The SMILES string of the molecule is CN1c2ncccc2C(=O)N[C@H]1c1ccc(NC(=O)C2CCOCC2)cc1. The minimum Gasteiger partial charge on any atom is -0.381 e. The molecule has 1 atom stereocenters. The van der Waals surface area contributed by atoms with Crippen LogP contribution in [-0.4, -0.2) is 37.1 Å². The number of pyridine rings is 1. The zero-order chi connectivity index (χ0) is 18.8. The molecule has 2 amide bonds. The number of ether oxygens (including phenoxy) is 1. The van der Waals surface area contributed by atoms with Gasteiger partial charge in [0.15, 0.2) is 0 Å². The van der Waals surface area contributed by atoms with Crippen LogP contribution in [0.5, 0.6) is 0 Å².